The largest absolute Gasteiger partial charge is 0.489 e. The van der Waals surface area contributed by atoms with E-state index in [9.17, 15) is 9.18 Å². The van der Waals surface area contributed by atoms with Gasteiger partial charge in [0.15, 0.2) is 0 Å². The molecule has 3 N–H and O–H groups in total. The first-order valence-corrected chi connectivity index (χ1v) is 10.6. The number of aromatic nitrogens is 2. The number of piperidine rings is 1. The van der Waals surface area contributed by atoms with E-state index in [2.05, 4.69) is 25.9 Å². The smallest absolute Gasteiger partial charge is 0.255 e. The van der Waals surface area contributed by atoms with E-state index in [1.165, 1.54) is 12.1 Å². The van der Waals surface area contributed by atoms with Crippen LogP contribution in [-0.2, 0) is 4.74 Å². The van der Waals surface area contributed by atoms with Crippen LogP contribution >= 0.6 is 0 Å². The first kappa shape index (κ1) is 21.9. The summed E-state index contributed by atoms with van der Waals surface area (Å²) in [5, 5.41) is 9.86. The van der Waals surface area contributed by atoms with Crippen LogP contribution in [0.2, 0.25) is 0 Å². The van der Waals surface area contributed by atoms with Crippen molar-refractivity contribution in [3.8, 4) is 5.75 Å². The highest BCUT2D eigenvalue weighted by atomic mass is 19.1. The van der Waals surface area contributed by atoms with E-state index >= 15 is 0 Å². The third-order valence-corrected chi connectivity index (χ3v) is 5.18. The topological polar surface area (TPSA) is 97.4 Å². The molecule has 2 heterocycles. The fourth-order valence-corrected chi connectivity index (χ4v) is 3.54. The molecule has 1 fully saturated rings. The summed E-state index contributed by atoms with van der Waals surface area (Å²) in [4.78, 5) is 21.7. The Kier molecular flexibility index (Phi) is 7.08. The number of hydrogen-bond donors (Lipinski definition) is 3. The van der Waals surface area contributed by atoms with Crippen molar-refractivity contribution >= 4 is 28.4 Å². The van der Waals surface area contributed by atoms with Gasteiger partial charge >= 0.3 is 0 Å². The number of halogens is 1. The van der Waals surface area contributed by atoms with Crippen molar-refractivity contribution in [1.29, 1.82) is 0 Å². The van der Waals surface area contributed by atoms with Gasteiger partial charge in [0.1, 0.15) is 17.7 Å². The van der Waals surface area contributed by atoms with Gasteiger partial charge in [-0.25, -0.2) is 14.4 Å². The molecule has 1 saturated heterocycles. The Balaban J connectivity index is 1.64. The van der Waals surface area contributed by atoms with Gasteiger partial charge in [0, 0.05) is 37.0 Å². The van der Waals surface area contributed by atoms with Crippen LogP contribution in [0.25, 0.3) is 10.9 Å². The highest BCUT2D eigenvalue weighted by Gasteiger charge is 2.20. The van der Waals surface area contributed by atoms with E-state index < -0.39 is 0 Å². The second-order valence-electron chi connectivity index (χ2n) is 7.55. The van der Waals surface area contributed by atoms with E-state index in [1.807, 2.05) is 0 Å². The Morgan fingerprint density at radius 1 is 1.25 bits per heavy atom. The molecule has 168 valence electrons. The van der Waals surface area contributed by atoms with Gasteiger partial charge in [0.25, 0.3) is 5.91 Å². The molecule has 1 amide bonds. The molecule has 3 aromatic rings. The van der Waals surface area contributed by atoms with E-state index in [-0.39, 0.29) is 17.8 Å². The zero-order valence-electron chi connectivity index (χ0n) is 17.9. The second kappa shape index (κ2) is 10.3. The van der Waals surface area contributed by atoms with Gasteiger partial charge in [-0.2, -0.15) is 0 Å². The quantitative estimate of drug-likeness (QED) is 0.464. The van der Waals surface area contributed by atoms with Crippen LogP contribution in [-0.4, -0.2) is 55.3 Å². The number of amides is 1. The Labute approximate surface area is 185 Å². The first-order valence-electron chi connectivity index (χ1n) is 10.6. The molecule has 1 aliphatic heterocycles. The average molecular weight is 439 g/mol. The van der Waals surface area contributed by atoms with Gasteiger partial charge in [-0.15, -0.1) is 0 Å². The summed E-state index contributed by atoms with van der Waals surface area (Å²) in [6, 6.07) is 9.58. The maximum atomic E-state index is 13.5. The van der Waals surface area contributed by atoms with Crippen LogP contribution in [0.1, 0.15) is 23.2 Å². The molecule has 0 aliphatic carbocycles. The monoisotopic (exact) mass is 439 g/mol. The number of anilines is 2. The Hall–Kier alpha value is -3.30. The predicted molar refractivity (Wildman–Crippen MR) is 120 cm³/mol. The zero-order chi connectivity index (χ0) is 22.3. The molecule has 9 heteroatoms. The summed E-state index contributed by atoms with van der Waals surface area (Å²) < 4.78 is 24.7. The highest BCUT2D eigenvalue weighted by Crippen LogP contribution is 2.28. The molecule has 0 atom stereocenters. The number of nitrogens with zero attached hydrogens (tertiary/aromatic N) is 2. The number of hydrogen-bond acceptors (Lipinski definition) is 7. The lowest BCUT2D eigenvalue weighted by Gasteiger charge is -2.25. The molecule has 1 aromatic heterocycles. The van der Waals surface area contributed by atoms with Gasteiger partial charge in [0.05, 0.1) is 17.7 Å². The molecule has 1 aliphatic rings. The first-order chi connectivity index (χ1) is 15.6. The van der Waals surface area contributed by atoms with E-state index in [4.69, 9.17) is 9.47 Å². The number of nitrogens with one attached hydrogen (secondary N) is 3. The minimum atomic E-state index is -0.349. The number of fused-ring (bicyclic) bond motifs is 1. The van der Waals surface area contributed by atoms with Crippen molar-refractivity contribution in [1.82, 2.24) is 20.6 Å². The van der Waals surface area contributed by atoms with Crippen LogP contribution in [0.15, 0.2) is 42.6 Å². The van der Waals surface area contributed by atoms with Crippen molar-refractivity contribution in [3.63, 3.8) is 0 Å². The maximum absolute atomic E-state index is 13.5. The number of ether oxygens (including phenoxy) is 2. The van der Waals surface area contributed by atoms with Crippen LogP contribution < -0.4 is 20.7 Å². The summed E-state index contributed by atoms with van der Waals surface area (Å²) in [6.45, 7) is 2.56. The lowest BCUT2D eigenvalue weighted by Crippen LogP contribution is -2.35. The molecular formula is C23H26FN5O3. The number of benzene rings is 2. The molecule has 0 spiro atoms. The molecule has 32 heavy (non-hydrogen) atoms. The molecule has 2 aromatic carbocycles. The van der Waals surface area contributed by atoms with Gasteiger partial charge < -0.3 is 25.4 Å². The third-order valence-electron chi connectivity index (χ3n) is 5.18. The van der Waals surface area contributed by atoms with E-state index in [0.29, 0.717) is 47.0 Å². The highest BCUT2D eigenvalue weighted by molar-refractivity contribution is 6.01. The van der Waals surface area contributed by atoms with Gasteiger partial charge in [-0.1, -0.05) is 6.07 Å². The normalized spacial score (nSPS) is 14.3. The molecule has 0 bridgehead atoms. The Morgan fingerprint density at radius 3 is 2.88 bits per heavy atom. The molecule has 0 saturated carbocycles. The average Bonchev–Trinajstić information content (AvgIpc) is 2.79. The SMILES string of the molecule is COCCNC(=O)c1cc2cnc(Nc3cccc(F)c3)nc2cc1OC1CCNCC1. The summed E-state index contributed by atoms with van der Waals surface area (Å²) in [7, 11) is 1.58. The van der Waals surface area contributed by atoms with Crippen molar-refractivity contribution < 1.29 is 18.7 Å². The Morgan fingerprint density at radius 2 is 2.09 bits per heavy atom. The van der Waals surface area contributed by atoms with E-state index in [1.54, 1.807) is 37.6 Å². The number of carbonyl (C=O) groups is 1. The second-order valence-corrected chi connectivity index (χ2v) is 7.55. The maximum Gasteiger partial charge on any atom is 0.255 e. The van der Waals surface area contributed by atoms with Crippen molar-refractivity contribution in [2.45, 2.75) is 18.9 Å². The lowest BCUT2D eigenvalue weighted by molar-refractivity contribution is 0.0927. The molecule has 0 unspecified atom stereocenters. The van der Waals surface area contributed by atoms with Gasteiger partial charge in [-0.05, 0) is 50.2 Å². The number of carbonyl (C=O) groups excluding carboxylic acids is 1. The number of methoxy groups -OCH3 is 1. The fraction of sp³-hybridized carbons (Fsp3) is 0.348. The summed E-state index contributed by atoms with van der Waals surface area (Å²) in [5.41, 5.74) is 1.60. The van der Waals surface area contributed by atoms with Crippen molar-refractivity contribution in [3.05, 3.63) is 54.0 Å². The minimum absolute atomic E-state index is 0.0194. The fourth-order valence-electron chi connectivity index (χ4n) is 3.54. The van der Waals surface area contributed by atoms with Crippen LogP contribution in [0.5, 0.6) is 5.75 Å². The lowest BCUT2D eigenvalue weighted by atomic mass is 10.1. The zero-order valence-corrected chi connectivity index (χ0v) is 17.9. The predicted octanol–water partition coefficient (Wildman–Crippen LogP) is 3.02. The van der Waals surface area contributed by atoms with Crippen LogP contribution in [0.3, 0.4) is 0 Å². The third kappa shape index (κ3) is 5.49. The minimum Gasteiger partial charge on any atom is -0.489 e. The van der Waals surface area contributed by atoms with Crippen molar-refractivity contribution in [2.24, 2.45) is 0 Å². The summed E-state index contributed by atoms with van der Waals surface area (Å²) in [5.74, 6) is 0.218. The summed E-state index contributed by atoms with van der Waals surface area (Å²) in [6.07, 6.45) is 3.37. The van der Waals surface area contributed by atoms with Gasteiger partial charge in [-0.3, -0.25) is 4.79 Å². The van der Waals surface area contributed by atoms with Crippen molar-refractivity contribution in [2.75, 3.05) is 38.7 Å². The molecule has 0 radical (unpaired) electrons. The summed E-state index contributed by atoms with van der Waals surface area (Å²) >= 11 is 0. The molecule has 8 nitrogen and oxygen atoms in total. The Bertz CT molecular complexity index is 1090. The molecule has 4 rings (SSSR count). The standard InChI is InChI=1S/C23H26FN5O3/c1-31-10-9-26-22(30)19-11-15-14-27-23(28-17-4-2-3-16(24)12-17)29-20(15)13-21(19)32-18-5-7-25-8-6-18/h2-4,11-14,18,25H,5-10H2,1H3,(H,26,30)(H,27,28,29). The van der Waals surface area contributed by atoms with Crippen LogP contribution in [0, 0.1) is 5.82 Å². The van der Waals surface area contributed by atoms with Crippen LogP contribution in [0.4, 0.5) is 16.0 Å². The molecular weight excluding hydrogens is 413 g/mol. The van der Waals surface area contributed by atoms with E-state index in [0.717, 1.165) is 25.9 Å². The van der Waals surface area contributed by atoms with Gasteiger partial charge in [0.2, 0.25) is 5.95 Å². The number of rotatable bonds is 8.